The number of hydrogen-bond acceptors (Lipinski definition) is 4. The Morgan fingerprint density at radius 3 is 2.57 bits per heavy atom. The molecule has 1 fully saturated rings. The summed E-state index contributed by atoms with van der Waals surface area (Å²) in [6.07, 6.45) is 0.708. The van der Waals surface area contributed by atoms with Gasteiger partial charge < -0.3 is 10.1 Å². The first kappa shape index (κ1) is 11.6. The summed E-state index contributed by atoms with van der Waals surface area (Å²) in [7, 11) is 1.92. The molecule has 1 atom stereocenters. The van der Waals surface area contributed by atoms with Crippen molar-refractivity contribution in [1.29, 1.82) is 0 Å². The third-order valence-corrected chi connectivity index (χ3v) is 2.95. The Bertz CT molecular complexity index is 245. The lowest BCUT2D eigenvalue weighted by molar-refractivity contribution is 0.0402. The summed E-state index contributed by atoms with van der Waals surface area (Å²) in [5, 5.41) is 9.64. The molecule has 1 unspecified atom stereocenters. The Labute approximate surface area is 89.8 Å². The Kier molecular flexibility index (Phi) is 3.01. The number of hydrazine groups is 1. The van der Waals surface area contributed by atoms with E-state index in [0.717, 1.165) is 0 Å². The van der Waals surface area contributed by atoms with E-state index >= 15 is 0 Å². The maximum Gasteiger partial charge on any atom is 0.184 e. The van der Waals surface area contributed by atoms with E-state index in [2.05, 4.69) is 16.3 Å². The second-order valence-corrected chi connectivity index (χ2v) is 4.95. The van der Waals surface area contributed by atoms with Crippen LogP contribution in [0.5, 0.6) is 0 Å². The van der Waals surface area contributed by atoms with Crippen LogP contribution >= 0.6 is 12.2 Å². The second-order valence-electron chi connectivity index (χ2n) is 4.56. The van der Waals surface area contributed by atoms with Gasteiger partial charge in [-0.15, -0.1) is 0 Å². The molecule has 4 N–H and O–H groups in total. The molecule has 0 aliphatic carbocycles. The first-order chi connectivity index (χ1) is 6.31. The fraction of sp³-hybridized carbons (Fsp3) is 0.875. The highest BCUT2D eigenvalue weighted by atomic mass is 32.1. The topological polar surface area (TPSA) is 59.6 Å². The summed E-state index contributed by atoms with van der Waals surface area (Å²) in [6.45, 7) is 5.88. The molecule has 0 radical (unpaired) electrons. The van der Waals surface area contributed by atoms with Crippen LogP contribution in [0.4, 0.5) is 0 Å². The van der Waals surface area contributed by atoms with Gasteiger partial charge in [0.05, 0.1) is 0 Å². The lowest BCUT2D eigenvalue weighted by Gasteiger charge is -2.37. The van der Waals surface area contributed by atoms with Crippen molar-refractivity contribution in [3.05, 3.63) is 0 Å². The van der Waals surface area contributed by atoms with Gasteiger partial charge in [0.2, 0.25) is 0 Å². The number of thiocarbonyl (C=S) groups is 1. The molecule has 0 aromatic carbocycles. The van der Waals surface area contributed by atoms with Crippen LogP contribution in [0.3, 0.4) is 0 Å². The maximum absolute atomic E-state index is 8.97. The number of rotatable bonds is 3. The Balaban J connectivity index is 2.72. The minimum Gasteiger partial charge on any atom is -0.332 e. The molecule has 0 aromatic rings. The zero-order chi connectivity index (χ0) is 11.0. The largest absolute Gasteiger partial charge is 0.332 e. The minimum atomic E-state index is -0.363. The van der Waals surface area contributed by atoms with E-state index < -0.39 is 0 Å². The summed E-state index contributed by atoms with van der Waals surface area (Å²) in [5.74, 6) is 0. The molecule has 0 spiro atoms. The van der Waals surface area contributed by atoms with Crippen LogP contribution in [0, 0.1) is 0 Å². The first-order valence-corrected chi connectivity index (χ1v) is 4.94. The molecule has 0 aromatic heterocycles. The molecule has 1 heterocycles. The molecule has 1 rings (SSSR count). The smallest absolute Gasteiger partial charge is 0.184 e. The number of nitrogens with zero attached hydrogens (tertiary/aromatic N) is 1. The van der Waals surface area contributed by atoms with Gasteiger partial charge in [-0.3, -0.25) is 5.43 Å². The van der Waals surface area contributed by atoms with Gasteiger partial charge in [-0.1, -0.05) is 0 Å². The SMILES string of the molecule is CN1C(=S)NNC1(C)CC(C)(C)NO. The fourth-order valence-corrected chi connectivity index (χ4v) is 1.90. The van der Waals surface area contributed by atoms with Gasteiger partial charge in [0.25, 0.3) is 0 Å². The molecule has 82 valence electrons. The predicted octanol–water partition coefficient (Wildman–Crippen LogP) is 0.175. The zero-order valence-electron chi connectivity index (χ0n) is 9.01. The van der Waals surface area contributed by atoms with Crippen LogP contribution in [0.15, 0.2) is 0 Å². The van der Waals surface area contributed by atoms with Crippen molar-refractivity contribution in [2.75, 3.05) is 7.05 Å². The Morgan fingerprint density at radius 2 is 2.21 bits per heavy atom. The molecular formula is C8H18N4OS. The molecule has 0 amide bonds. The van der Waals surface area contributed by atoms with E-state index in [1.807, 2.05) is 32.7 Å². The third-order valence-electron chi connectivity index (χ3n) is 2.57. The van der Waals surface area contributed by atoms with Gasteiger partial charge in [-0.2, -0.15) is 5.48 Å². The molecule has 6 heteroatoms. The van der Waals surface area contributed by atoms with E-state index in [1.54, 1.807) is 0 Å². The summed E-state index contributed by atoms with van der Waals surface area (Å²) < 4.78 is 0. The molecule has 5 nitrogen and oxygen atoms in total. The van der Waals surface area contributed by atoms with Crippen LogP contribution in [-0.4, -0.2) is 33.5 Å². The van der Waals surface area contributed by atoms with E-state index in [9.17, 15) is 0 Å². The van der Waals surface area contributed by atoms with Crippen molar-refractivity contribution in [3.63, 3.8) is 0 Å². The maximum atomic E-state index is 8.97. The summed E-state index contributed by atoms with van der Waals surface area (Å²) in [5.41, 5.74) is 7.66. The second kappa shape index (κ2) is 3.62. The third kappa shape index (κ3) is 2.14. The van der Waals surface area contributed by atoms with E-state index in [0.29, 0.717) is 11.5 Å². The van der Waals surface area contributed by atoms with Gasteiger partial charge in [-0.05, 0) is 33.0 Å². The zero-order valence-corrected chi connectivity index (χ0v) is 9.83. The highest BCUT2D eigenvalue weighted by molar-refractivity contribution is 7.80. The summed E-state index contributed by atoms with van der Waals surface area (Å²) >= 11 is 5.09. The standard InChI is InChI=1S/C8H18N4OS/c1-7(2,11-13)5-8(3)10-9-6(14)12(8)4/h10-11,13H,5H2,1-4H3,(H,9,14). The fourth-order valence-electron chi connectivity index (χ4n) is 1.64. The number of hydrogen-bond donors (Lipinski definition) is 4. The van der Waals surface area contributed by atoms with Gasteiger partial charge in [0.1, 0.15) is 5.66 Å². The molecule has 1 saturated heterocycles. The molecule has 0 bridgehead atoms. The Hall–Kier alpha value is -0.430. The van der Waals surface area contributed by atoms with Crippen LogP contribution in [0.25, 0.3) is 0 Å². The van der Waals surface area contributed by atoms with Crippen LogP contribution in [0.1, 0.15) is 27.2 Å². The lowest BCUT2D eigenvalue weighted by Crippen LogP contribution is -2.55. The van der Waals surface area contributed by atoms with Crippen LogP contribution in [-0.2, 0) is 0 Å². The van der Waals surface area contributed by atoms with Crippen molar-refractivity contribution in [1.82, 2.24) is 21.2 Å². The van der Waals surface area contributed by atoms with E-state index in [-0.39, 0.29) is 11.2 Å². The van der Waals surface area contributed by atoms with Crippen LogP contribution < -0.4 is 16.3 Å². The highest BCUT2D eigenvalue weighted by Crippen LogP contribution is 2.24. The average Bonchev–Trinajstić information content (AvgIpc) is 2.33. The van der Waals surface area contributed by atoms with Crippen molar-refractivity contribution in [2.24, 2.45) is 0 Å². The first-order valence-electron chi connectivity index (χ1n) is 4.53. The van der Waals surface area contributed by atoms with E-state index in [4.69, 9.17) is 17.4 Å². The van der Waals surface area contributed by atoms with Gasteiger partial charge in [0, 0.05) is 19.0 Å². The Morgan fingerprint density at radius 1 is 1.64 bits per heavy atom. The lowest BCUT2D eigenvalue weighted by atomic mass is 9.92. The van der Waals surface area contributed by atoms with Crippen molar-refractivity contribution in [2.45, 2.75) is 38.4 Å². The van der Waals surface area contributed by atoms with Gasteiger partial charge >= 0.3 is 0 Å². The van der Waals surface area contributed by atoms with Gasteiger partial charge in [0.15, 0.2) is 5.11 Å². The number of nitrogens with one attached hydrogen (secondary N) is 3. The van der Waals surface area contributed by atoms with Crippen LogP contribution in [0.2, 0.25) is 0 Å². The molecule has 14 heavy (non-hydrogen) atoms. The molecule has 1 aliphatic heterocycles. The highest BCUT2D eigenvalue weighted by Gasteiger charge is 2.40. The molecular weight excluding hydrogens is 200 g/mol. The van der Waals surface area contributed by atoms with Crippen molar-refractivity contribution >= 4 is 17.3 Å². The summed E-state index contributed by atoms with van der Waals surface area (Å²) in [4.78, 5) is 1.95. The quantitative estimate of drug-likeness (QED) is 0.400. The minimum absolute atomic E-state index is 0.281. The average molecular weight is 218 g/mol. The van der Waals surface area contributed by atoms with Crippen molar-refractivity contribution < 1.29 is 5.21 Å². The van der Waals surface area contributed by atoms with Crippen molar-refractivity contribution in [3.8, 4) is 0 Å². The molecule has 1 aliphatic rings. The predicted molar refractivity (Wildman–Crippen MR) is 58.7 cm³/mol. The number of hydroxylamine groups is 1. The monoisotopic (exact) mass is 218 g/mol. The van der Waals surface area contributed by atoms with Gasteiger partial charge in [-0.25, -0.2) is 5.43 Å². The molecule has 0 saturated carbocycles. The van der Waals surface area contributed by atoms with E-state index in [1.165, 1.54) is 0 Å². The normalized spacial score (nSPS) is 28.1. The summed E-state index contributed by atoms with van der Waals surface area (Å²) in [6, 6.07) is 0.